The third kappa shape index (κ3) is 2.59. The zero-order valence-corrected chi connectivity index (χ0v) is 15.4. The van der Waals surface area contributed by atoms with E-state index < -0.39 is 17.2 Å². The summed E-state index contributed by atoms with van der Waals surface area (Å²) >= 11 is 0. The van der Waals surface area contributed by atoms with E-state index in [9.17, 15) is 14.7 Å². The van der Waals surface area contributed by atoms with Gasteiger partial charge < -0.3 is 15.2 Å². The van der Waals surface area contributed by atoms with E-state index in [1.807, 2.05) is 36.4 Å². The second kappa shape index (κ2) is 6.27. The van der Waals surface area contributed by atoms with Crippen LogP contribution in [-0.2, 0) is 0 Å². The molecule has 3 aromatic carbocycles. The Morgan fingerprint density at radius 1 is 0.966 bits per heavy atom. The monoisotopic (exact) mass is 387 g/mol. The van der Waals surface area contributed by atoms with Gasteiger partial charge in [-0.05, 0) is 40.1 Å². The van der Waals surface area contributed by atoms with Crippen LogP contribution in [0.3, 0.4) is 0 Å². The van der Waals surface area contributed by atoms with Crippen molar-refractivity contribution in [1.29, 1.82) is 0 Å². The Labute approximate surface area is 164 Å². The van der Waals surface area contributed by atoms with Gasteiger partial charge in [-0.15, -0.1) is 0 Å². The molecule has 29 heavy (non-hydrogen) atoms. The number of benzene rings is 3. The molecule has 2 heterocycles. The van der Waals surface area contributed by atoms with Crippen molar-refractivity contribution in [3.8, 4) is 11.5 Å². The molecule has 1 aromatic heterocycles. The van der Waals surface area contributed by atoms with Gasteiger partial charge in [-0.3, -0.25) is 14.8 Å². The molecule has 1 atom stereocenters. The van der Waals surface area contributed by atoms with E-state index in [2.05, 4.69) is 15.3 Å². The van der Waals surface area contributed by atoms with Crippen molar-refractivity contribution < 1.29 is 9.84 Å². The zero-order chi connectivity index (χ0) is 20.1. The molecular weight excluding hydrogens is 370 g/mol. The predicted octanol–water partition coefficient (Wildman–Crippen LogP) is 3.17. The second-order valence-electron chi connectivity index (χ2n) is 6.93. The van der Waals surface area contributed by atoms with Crippen molar-refractivity contribution in [2.45, 2.75) is 5.92 Å². The molecule has 0 unspecified atom stereocenters. The fraction of sp³-hybridized carbons (Fsp3) is 0.0909. The number of aromatic hydroxyl groups is 1. The molecule has 1 aliphatic heterocycles. The molecule has 0 amide bonds. The number of anilines is 2. The summed E-state index contributed by atoms with van der Waals surface area (Å²) in [6.07, 6.45) is 0. The molecule has 144 valence electrons. The molecule has 1 aliphatic rings. The Bertz CT molecular complexity index is 1390. The summed E-state index contributed by atoms with van der Waals surface area (Å²) in [5, 5.41) is 15.3. The Morgan fingerprint density at radius 2 is 1.79 bits per heavy atom. The van der Waals surface area contributed by atoms with Gasteiger partial charge in [-0.2, -0.15) is 0 Å². The normalized spacial score (nSPS) is 14.7. The number of nitrogens with one attached hydrogen (secondary N) is 3. The number of hydrogen-bond acceptors (Lipinski definition) is 5. The minimum Gasteiger partial charge on any atom is -0.504 e. The van der Waals surface area contributed by atoms with E-state index in [1.54, 1.807) is 18.2 Å². The quantitative estimate of drug-likeness (QED) is 0.372. The number of aromatic nitrogens is 2. The Kier molecular flexibility index (Phi) is 3.70. The highest BCUT2D eigenvalue weighted by atomic mass is 16.5. The molecule has 4 N–H and O–H groups in total. The molecule has 0 bridgehead atoms. The van der Waals surface area contributed by atoms with E-state index >= 15 is 0 Å². The lowest BCUT2D eigenvalue weighted by Crippen LogP contribution is -2.31. The van der Waals surface area contributed by atoms with Crippen LogP contribution in [0.4, 0.5) is 11.5 Å². The molecule has 7 heteroatoms. The van der Waals surface area contributed by atoms with E-state index in [0.29, 0.717) is 17.1 Å². The minimum atomic E-state index is -0.576. The van der Waals surface area contributed by atoms with Crippen molar-refractivity contribution in [2.75, 3.05) is 12.4 Å². The maximum atomic E-state index is 12.8. The number of rotatable bonds is 2. The van der Waals surface area contributed by atoms with Gasteiger partial charge >= 0.3 is 5.69 Å². The van der Waals surface area contributed by atoms with Crippen molar-refractivity contribution in [3.05, 3.63) is 92.1 Å². The number of phenolic OH excluding ortho intramolecular Hbond substituents is 1. The molecule has 0 radical (unpaired) electrons. The van der Waals surface area contributed by atoms with Crippen molar-refractivity contribution in [3.63, 3.8) is 0 Å². The number of ether oxygens (including phenoxy) is 1. The standard InChI is InChI=1S/C22H17N3O4/c1-29-16-10-12(7-9-15(16)26)17-18-13-5-3-2-4-11(13)6-8-14(18)23-20-19(17)21(27)25-22(28)24-20/h2-10,17,26H,1H3,(H3,23,24,25,27,28)/t17-/m0/s1. The molecule has 5 rings (SSSR count). The average molecular weight is 387 g/mol. The van der Waals surface area contributed by atoms with Crippen molar-refractivity contribution >= 4 is 22.3 Å². The van der Waals surface area contributed by atoms with Crippen LogP contribution in [0.25, 0.3) is 10.8 Å². The van der Waals surface area contributed by atoms with Gasteiger partial charge in [-0.25, -0.2) is 4.79 Å². The van der Waals surface area contributed by atoms with E-state index in [-0.39, 0.29) is 5.75 Å². The summed E-state index contributed by atoms with van der Waals surface area (Å²) in [6, 6.07) is 16.9. The largest absolute Gasteiger partial charge is 0.504 e. The second-order valence-corrected chi connectivity index (χ2v) is 6.93. The van der Waals surface area contributed by atoms with Crippen LogP contribution in [0.2, 0.25) is 0 Å². The third-order valence-electron chi connectivity index (χ3n) is 5.32. The maximum Gasteiger partial charge on any atom is 0.327 e. The zero-order valence-electron chi connectivity index (χ0n) is 15.4. The predicted molar refractivity (Wildman–Crippen MR) is 111 cm³/mol. The molecule has 0 spiro atoms. The number of aromatic amines is 2. The number of fused-ring (bicyclic) bond motifs is 4. The third-order valence-corrected chi connectivity index (χ3v) is 5.32. The Balaban J connectivity index is 1.89. The van der Waals surface area contributed by atoms with Crippen LogP contribution < -0.4 is 21.3 Å². The maximum absolute atomic E-state index is 12.8. The fourth-order valence-electron chi connectivity index (χ4n) is 4.07. The van der Waals surface area contributed by atoms with E-state index in [1.165, 1.54) is 7.11 Å². The Morgan fingerprint density at radius 3 is 2.62 bits per heavy atom. The molecule has 0 aliphatic carbocycles. The van der Waals surface area contributed by atoms with Gasteiger partial charge in [0.25, 0.3) is 5.56 Å². The smallest absolute Gasteiger partial charge is 0.327 e. The summed E-state index contributed by atoms with van der Waals surface area (Å²) in [4.78, 5) is 29.7. The van der Waals surface area contributed by atoms with Gasteiger partial charge in [0.15, 0.2) is 11.5 Å². The first kappa shape index (κ1) is 17.1. The summed E-state index contributed by atoms with van der Waals surface area (Å²) in [7, 11) is 1.48. The van der Waals surface area contributed by atoms with Gasteiger partial charge in [0, 0.05) is 11.6 Å². The first-order valence-electron chi connectivity index (χ1n) is 9.09. The summed E-state index contributed by atoms with van der Waals surface area (Å²) in [5.74, 6) is 0.213. The van der Waals surface area contributed by atoms with E-state index in [4.69, 9.17) is 4.74 Å². The average Bonchev–Trinajstić information content (AvgIpc) is 2.72. The van der Waals surface area contributed by atoms with E-state index in [0.717, 1.165) is 27.6 Å². The lowest BCUT2D eigenvalue weighted by atomic mass is 9.80. The number of H-pyrrole nitrogens is 2. The van der Waals surface area contributed by atoms with Crippen LogP contribution in [0, 0.1) is 0 Å². The van der Waals surface area contributed by atoms with Crippen LogP contribution in [-0.4, -0.2) is 22.2 Å². The summed E-state index contributed by atoms with van der Waals surface area (Å²) in [6.45, 7) is 0. The minimum absolute atomic E-state index is 0.0129. The van der Waals surface area contributed by atoms with Gasteiger partial charge in [0.2, 0.25) is 0 Å². The Hall–Kier alpha value is -4.00. The summed E-state index contributed by atoms with van der Waals surface area (Å²) in [5.41, 5.74) is 1.84. The SMILES string of the molecule is COc1cc([C@@H]2c3c([nH]c(=O)[nH]c3=O)Nc3ccc4ccccc4c32)ccc1O. The molecule has 7 nitrogen and oxygen atoms in total. The lowest BCUT2D eigenvalue weighted by molar-refractivity contribution is 0.373. The van der Waals surface area contributed by atoms with Crippen molar-refractivity contribution in [1.82, 2.24) is 9.97 Å². The van der Waals surface area contributed by atoms with Crippen molar-refractivity contribution in [2.24, 2.45) is 0 Å². The van der Waals surface area contributed by atoms with Gasteiger partial charge in [0.05, 0.1) is 12.7 Å². The van der Waals surface area contributed by atoms with Gasteiger partial charge in [-0.1, -0.05) is 36.4 Å². The number of methoxy groups -OCH3 is 1. The number of hydrogen-bond donors (Lipinski definition) is 4. The molecule has 0 saturated heterocycles. The lowest BCUT2D eigenvalue weighted by Gasteiger charge is -2.30. The van der Waals surface area contributed by atoms with Crippen LogP contribution >= 0.6 is 0 Å². The highest BCUT2D eigenvalue weighted by Gasteiger charge is 2.32. The molecule has 0 saturated carbocycles. The molecular formula is C22H17N3O4. The molecule has 0 fully saturated rings. The highest BCUT2D eigenvalue weighted by Crippen LogP contribution is 2.46. The topological polar surface area (TPSA) is 107 Å². The first-order chi connectivity index (χ1) is 14.1. The first-order valence-corrected chi connectivity index (χ1v) is 9.09. The summed E-state index contributed by atoms with van der Waals surface area (Å²) < 4.78 is 5.28. The molecule has 4 aromatic rings. The van der Waals surface area contributed by atoms with Crippen LogP contribution in [0.1, 0.15) is 22.6 Å². The number of phenols is 1. The fourth-order valence-corrected chi connectivity index (χ4v) is 4.07. The highest BCUT2D eigenvalue weighted by molar-refractivity contribution is 5.94. The van der Waals surface area contributed by atoms with Gasteiger partial charge in [0.1, 0.15) is 5.82 Å². The van der Waals surface area contributed by atoms with Crippen LogP contribution in [0.5, 0.6) is 11.5 Å². The van der Waals surface area contributed by atoms with Crippen LogP contribution in [0.15, 0.2) is 64.2 Å².